The van der Waals surface area contributed by atoms with Crippen LogP contribution in [-0.2, 0) is 57.1 Å². The van der Waals surface area contributed by atoms with E-state index in [1.165, 1.54) is 32.7 Å². The third-order valence-electron chi connectivity index (χ3n) is 10.4. The number of aliphatic hydroxyl groups excluding tert-OH is 2. The van der Waals surface area contributed by atoms with Gasteiger partial charge in [-0.05, 0) is 20.3 Å². The van der Waals surface area contributed by atoms with E-state index >= 15 is 0 Å². The highest BCUT2D eigenvalue weighted by Gasteiger charge is 2.62. The Morgan fingerprint density at radius 2 is 1.80 bits per heavy atom. The molecule has 0 aromatic heterocycles. The number of hydrogen-bond donors (Lipinski definition) is 7. The van der Waals surface area contributed by atoms with Crippen LogP contribution in [0.15, 0.2) is 11.3 Å². The molecule has 0 aromatic rings. The van der Waals surface area contributed by atoms with Crippen LogP contribution >= 0.6 is 24.0 Å². The molecule has 4 rings (SSSR count). The Labute approximate surface area is 325 Å². The molecule has 21 heteroatoms. The lowest BCUT2D eigenvalue weighted by molar-refractivity contribution is -0.345. The number of ether oxygens (including phenoxy) is 7. The van der Waals surface area contributed by atoms with Crippen molar-refractivity contribution in [3.05, 3.63) is 11.3 Å². The molecule has 3 heterocycles. The number of carboxylic acid groups (broad SMARTS) is 1. The standard InChI is InChI=1S/C34H48N2O17S2/c1-8-12(2)30(43)50-15(5)34(46)14(4)49-20(9-19(34)47-7)52-26-24(39)28(33(45)10-17(38)22(35)21(27(33)40)29(41)42)51-18(11-48-16(6)37)25(26)53-31(44)23-13(3)55-32(54)36-23/h12-15,18-20,23-26,28,35,39-40,45-46H,8-11H2,1-7H3,(H,36,54)(H,41,42)/t12-,13+,14+,15+,18+,19-,20+,23-,24+,25+,26+,28+,33+,34+/m0/s1. The summed E-state index contributed by atoms with van der Waals surface area (Å²) in [5.74, 6) is -7.30. The van der Waals surface area contributed by atoms with Crippen molar-refractivity contribution in [3.8, 4) is 0 Å². The number of rotatable bonds is 13. The number of carboxylic acids is 1. The van der Waals surface area contributed by atoms with Crippen LogP contribution < -0.4 is 5.32 Å². The first-order valence-electron chi connectivity index (χ1n) is 17.5. The number of methoxy groups -OCH3 is 1. The van der Waals surface area contributed by atoms with Crippen LogP contribution in [0.5, 0.6) is 0 Å². The van der Waals surface area contributed by atoms with Crippen molar-refractivity contribution in [2.24, 2.45) is 5.92 Å². The van der Waals surface area contributed by atoms with E-state index in [0.717, 1.165) is 6.92 Å². The zero-order valence-corrected chi connectivity index (χ0v) is 32.8. The number of carbonyl (C=O) groups is 5. The van der Waals surface area contributed by atoms with Gasteiger partial charge < -0.3 is 64.0 Å². The van der Waals surface area contributed by atoms with E-state index in [1.807, 2.05) is 0 Å². The summed E-state index contributed by atoms with van der Waals surface area (Å²) in [6.07, 6.45) is -15.4. The number of thioether (sulfide) groups is 1. The molecule has 3 saturated heterocycles. The molecule has 0 aromatic carbocycles. The lowest BCUT2D eigenvalue weighted by atomic mass is 9.74. The van der Waals surface area contributed by atoms with Gasteiger partial charge in [0.05, 0.1) is 24.5 Å². The second-order valence-corrected chi connectivity index (χ2v) is 16.0. The van der Waals surface area contributed by atoms with Crippen LogP contribution in [0, 0.1) is 11.3 Å². The molecule has 1 aliphatic carbocycles. The number of hydrogen-bond acceptors (Lipinski definition) is 19. The SMILES string of the molecule is CC[C@H](C)C(=O)O[C@H](C)[C@@]1(O)[C@@H](OC)C[C@@H](O[C@@H]2[C@@H](O)[C@H]([C@@]3(O)CC(=O)C(=N)C(C(=O)O)=C3O)O[C@H](COC(C)=O)[C@H]2OC(=O)[C@H]2NC(=S)S[C@@H]2C)O[C@@H]1C. The highest BCUT2D eigenvalue weighted by Crippen LogP contribution is 2.42. The van der Waals surface area contributed by atoms with Crippen molar-refractivity contribution in [2.75, 3.05) is 13.7 Å². The first-order valence-corrected chi connectivity index (χ1v) is 18.8. The van der Waals surface area contributed by atoms with Crippen molar-refractivity contribution < 1.29 is 82.7 Å². The number of carbonyl (C=O) groups excluding carboxylic acids is 4. The predicted octanol–water partition coefficient (Wildman–Crippen LogP) is -0.168. The van der Waals surface area contributed by atoms with Crippen molar-refractivity contribution in [1.82, 2.24) is 5.32 Å². The summed E-state index contributed by atoms with van der Waals surface area (Å²) in [5, 5.41) is 66.8. The molecular weight excluding hydrogens is 773 g/mol. The number of aliphatic carboxylic acids is 1. The molecule has 308 valence electrons. The van der Waals surface area contributed by atoms with Crippen molar-refractivity contribution in [2.45, 2.75) is 138 Å². The van der Waals surface area contributed by atoms with Gasteiger partial charge in [-0.25, -0.2) is 9.59 Å². The Morgan fingerprint density at radius 3 is 2.35 bits per heavy atom. The van der Waals surface area contributed by atoms with Gasteiger partial charge in [0.1, 0.15) is 64.5 Å². The summed E-state index contributed by atoms with van der Waals surface area (Å²) in [6.45, 7) is 8.43. The zero-order valence-electron chi connectivity index (χ0n) is 31.2. The van der Waals surface area contributed by atoms with Crippen LogP contribution in [0.3, 0.4) is 0 Å². The summed E-state index contributed by atoms with van der Waals surface area (Å²) in [7, 11) is 1.29. The monoisotopic (exact) mass is 820 g/mol. The van der Waals surface area contributed by atoms with Crippen molar-refractivity contribution in [1.29, 1.82) is 5.41 Å². The zero-order chi connectivity index (χ0) is 41.3. The van der Waals surface area contributed by atoms with Crippen LogP contribution in [0.1, 0.15) is 60.8 Å². The molecule has 3 fully saturated rings. The second-order valence-electron chi connectivity index (χ2n) is 14.0. The van der Waals surface area contributed by atoms with Crippen molar-refractivity contribution in [3.63, 3.8) is 0 Å². The van der Waals surface area contributed by atoms with E-state index in [9.17, 15) is 49.5 Å². The minimum absolute atomic E-state index is 0.299. The maximum absolute atomic E-state index is 13.6. The van der Waals surface area contributed by atoms with Crippen LogP contribution in [0.4, 0.5) is 0 Å². The Balaban J connectivity index is 1.77. The Bertz CT molecular complexity index is 1590. The number of esters is 3. The van der Waals surface area contributed by atoms with Gasteiger partial charge in [-0.1, -0.05) is 44.8 Å². The molecule has 0 spiro atoms. The Hall–Kier alpha value is -3.28. The molecule has 4 aliphatic rings. The molecule has 0 unspecified atom stereocenters. The molecule has 0 bridgehead atoms. The van der Waals surface area contributed by atoms with Gasteiger partial charge in [-0.2, -0.15) is 0 Å². The molecule has 0 amide bonds. The molecule has 14 atom stereocenters. The normalized spacial score (nSPS) is 37.8. The van der Waals surface area contributed by atoms with E-state index in [-0.39, 0.29) is 6.42 Å². The smallest absolute Gasteiger partial charge is 0.341 e. The fraction of sp³-hybridized carbons (Fsp3) is 0.735. The summed E-state index contributed by atoms with van der Waals surface area (Å²) in [4.78, 5) is 63.2. The summed E-state index contributed by atoms with van der Waals surface area (Å²) in [6, 6.07) is -1.00. The maximum atomic E-state index is 13.6. The van der Waals surface area contributed by atoms with Gasteiger partial charge in [-0.15, -0.1) is 0 Å². The van der Waals surface area contributed by atoms with E-state index in [2.05, 4.69) is 5.32 Å². The van der Waals surface area contributed by atoms with Crippen LogP contribution in [-0.4, -0.2) is 157 Å². The molecular formula is C34H48N2O17S2. The average Bonchev–Trinajstić information content (AvgIpc) is 3.46. The largest absolute Gasteiger partial charge is 0.508 e. The molecule has 7 N–H and O–H groups in total. The first kappa shape index (κ1) is 44.4. The van der Waals surface area contributed by atoms with E-state index in [1.54, 1.807) is 20.8 Å². The topological polar surface area (TPSA) is 287 Å². The minimum Gasteiger partial charge on any atom is -0.508 e. The van der Waals surface area contributed by atoms with Crippen LogP contribution in [0.2, 0.25) is 0 Å². The molecule has 55 heavy (non-hydrogen) atoms. The summed E-state index contributed by atoms with van der Waals surface area (Å²) in [5.41, 5.74) is -7.31. The van der Waals surface area contributed by atoms with E-state index in [0.29, 0.717) is 10.7 Å². The summed E-state index contributed by atoms with van der Waals surface area (Å²) < 4.78 is 40.9. The number of Topliss-reactive ketones (excluding diaryl/α,β-unsaturated/α-hetero) is 1. The van der Waals surface area contributed by atoms with Gasteiger partial charge in [0, 0.05) is 25.7 Å². The molecule has 0 saturated carbocycles. The Kier molecular flexibility index (Phi) is 14.1. The van der Waals surface area contributed by atoms with Gasteiger partial charge in [0.2, 0.25) is 0 Å². The minimum atomic E-state index is -3.00. The lowest BCUT2D eigenvalue weighted by Crippen LogP contribution is -2.70. The Morgan fingerprint density at radius 1 is 1.15 bits per heavy atom. The first-order chi connectivity index (χ1) is 25.6. The number of ketones is 1. The number of thiocarbonyl (C=S) groups is 1. The maximum Gasteiger partial charge on any atom is 0.341 e. The molecule has 3 aliphatic heterocycles. The van der Waals surface area contributed by atoms with Gasteiger partial charge in [0.25, 0.3) is 0 Å². The number of aliphatic hydroxyl groups is 4. The second kappa shape index (κ2) is 17.5. The quantitative estimate of drug-likeness (QED) is 0.0721. The fourth-order valence-electron chi connectivity index (χ4n) is 6.97. The summed E-state index contributed by atoms with van der Waals surface area (Å²) >= 11 is 6.37. The van der Waals surface area contributed by atoms with E-state index < -0.39 is 143 Å². The van der Waals surface area contributed by atoms with Gasteiger partial charge in [0.15, 0.2) is 29.4 Å². The third kappa shape index (κ3) is 8.84. The molecule has 19 nitrogen and oxygen atoms in total. The van der Waals surface area contributed by atoms with Gasteiger partial charge in [-0.3, -0.25) is 19.8 Å². The average molecular weight is 821 g/mol. The van der Waals surface area contributed by atoms with Gasteiger partial charge >= 0.3 is 23.9 Å². The molecule has 0 radical (unpaired) electrons. The highest BCUT2D eigenvalue weighted by atomic mass is 32.2. The van der Waals surface area contributed by atoms with Crippen molar-refractivity contribution >= 4 is 63.7 Å². The fourth-order valence-corrected chi connectivity index (χ4v) is 8.40. The highest BCUT2D eigenvalue weighted by molar-refractivity contribution is 8.23. The lowest BCUT2D eigenvalue weighted by Gasteiger charge is -2.52. The van der Waals surface area contributed by atoms with Crippen LogP contribution in [0.25, 0.3) is 0 Å². The predicted molar refractivity (Wildman–Crippen MR) is 192 cm³/mol. The van der Waals surface area contributed by atoms with E-state index in [4.69, 9.17) is 50.8 Å². The number of nitrogens with one attached hydrogen (secondary N) is 2. The third-order valence-corrected chi connectivity index (χ3v) is 11.8.